The highest BCUT2D eigenvalue weighted by Crippen LogP contribution is 2.20. The molecule has 0 spiro atoms. The van der Waals surface area contributed by atoms with Gasteiger partial charge in [0, 0.05) is 18.0 Å². The molecule has 0 saturated heterocycles. The van der Waals surface area contributed by atoms with E-state index in [2.05, 4.69) is 10.3 Å². The van der Waals surface area contributed by atoms with Gasteiger partial charge in [-0.1, -0.05) is 30.3 Å². The average Bonchev–Trinajstić information content (AvgIpc) is 3.16. The fraction of sp³-hybridized carbons (Fsp3) is 0.0909. The van der Waals surface area contributed by atoms with Crippen LogP contribution in [0.3, 0.4) is 0 Å². The smallest absolute Gasteiger partial charge is 0.253 e. The fourth-order valence-electron chi connectivity index (χ4n) is 3.05. The van der Waals surface area contributed by atoms with Gasteiger partial charge in [0.15, 0.2) is 0 Å². The second kappa shape index (κ2) is 7.62. The lowest BCUT2D eigenvalue weighted by molar-refractivity contribution is 0.0915. The van der Waals surface area contributed by atoms with Crippen LogP contribution in [-0.4, -0.2) is 27.0 Å². The van der Waals surface area contributed by atoms with Gasteiger partial charge in [-0.25, -0.2) is 9.37 Å². The summed E-state index contributed by atoms with van der Waals surface area (Å²) < 4.78 is 14.9. The van der Waals surface area contributed by atoms with E-state index in [1.807, 2.05) is 30.3 Å². The van der Waals surface area contributed by atoms with E-state index in [0.717, 1.165) is 11.1 Å². The molecule has 0 saturated carbocycles. The van der Waals surface area contributed by atoms with Crippen molar-refractivity contribution in [1.29, 1.82) is 0 Å². The Labute approximate surface area is 161 Å². The number of hydrogen-bond acceptors (Lipinski definition) is 3. The predicted molar refractivity (Wildman–Crippen MR) is 104 cm³/mol. The largest absolute Gasteiger partial charge is 0.394 e. The van der Waals surface area contributed by atoms with E-state index in [-0.39, 0.29) is 18.3 Å². The number of amides is 1. The number of nitrogens with one attached hydrogen (secondary N) is 1. The van der Waals surface area contributed by atoms with Crippen LogP contribution in [0, 0.1) is 5.82 Å². The highest BCUT2D eigenvalue weighted by molar-refractivity contribution is 5.94. The van der Waals surface area contributed by atoms with Gasteiger partial charge in [0.25, 0.3) is 5.91 Å². The number of fused-ring (bicyclic) bond motifs is 1. The monoisotopic (exact) mass is 375 g/mol. The zero-order valence-electron chi connectivity index (χ0n) is 14.9. The molecule has 0 bridgehead atoms. The molecule has 0 aliphatic rings. The van der Waals surface area contributed by atoms with Crippen molar-refractivity contribution in [2.45, 2.75) is 6.04 Å². The minimum atomic E-state index is -0.484. The van der Waals surface area contributed by atoms with Crippen molar-refractivity contribution >= 4 is 11.6 Å². The van der Waals surface area contributed by atoms with E-state index in [1.54, 1.807) is 41.1 Å². The Balaban J connectivity index is 1.58. The van der Waals surface area contributed by atoms with Gasteiger partial charge in [-0.3, -0.25) is 4.79 Å². The first-order chi connectivity index (χ1) is 13.6. The molecule has 0 radical (unpaired) electrons. The molecule has 5 nitrogen and oxygen atoms in total. The number of nitrogens with zero attached hydrogens (tertiary/aromatic N) is 2. The van der Waals surface area contributed by atoms with Crippen LogP contribution in [0.5, 0.6) is 0 Å². The first-order valence-corrected chi connectivity index (χ1v) is 8.85. The van der Waals surface area contributed by atoms with Crippen LogP contribution in [-0.2, 0) is 0 Å². The summed E-state index contributed by atoms with van der Waals surface area (Å²) in [4.78, 5) is 17.2. The molecule has 0 aliphatic carbocycles. The van der Waals surface area contributed by atoms with Gasteiger partial charge >= 0.3 is 0 Å². The van der Waals surface area contributed by atoms with Crippen molar-refractivity contribution in [3.05, 3.63) is 96.1 Å². The number of aliphatic hydroxyl groups excluding tert-OH is 1. The molecule has 1 atom stereocenters. The van der Waals surface area contributed by atoms with E-state index in [1.165, 1.54) is 12.1 Å². The maximum atomic E-state index is 13.1. The first kappa shape index (κ1) is 17.9. The number of rotatable bonds is 5. The van der Waals surface area contributed by atoms with Gasteiger partial charge < -0.3 is 14.8 Å². The fourth-order valence-corrected chi connectivity index (χ4v) is 3.05. The predicted octanol–water partition coefficient (Wildman–Crippen LogP) is 3.60. The van der Waals surface area contributed by atoms with E-state index in [4.69, 9.17) is 0 Å². The number of benzene rings is 2. The lowest BCUT2D eigenvalue weighted by Gasteiger charge is -2.16. The third kappa shape index (κ3) is 3.63. The molecule has 0 aliphatic heterocycles. The zero-order chi connectivity index (χ0) is 19.5. The Morgan fingerprint density at radius 3 is 2.50 bits per heavy atom. The van der Waals surface area contributed by atoms with E-state index >= 15 is 0 Å². The summed E-state index contributed by atoms with van der Waals surface area (Å²) in [5, 5.41) is 12.5. The molecular weight excluding hydrogens is 357 g/mol. The summed E-state index contributed by atoms with van der Waals surface area (Å²) in [6.45, 7) is -0.197. The van der Waals surface area contributed by atoms with E-state index in [0.29, 0.717) is 16.9 Å². The molecule has 2 aromatic carbocycles. The second-order valence-corrected chi connectivity index (χ2v) is 6.44. The Hall–Kier alpha value is -3.51. The number of aliphatic hydroxyl groups is 1. The number of halogens is 1. The zero-order valence-corrected chi connectivity index (χ0v) is 14.9. The summed E-state index contributed by atoms with van der Waals surface area (Å²) in [7, 11) is 0. The second-order valence-electron chi connectivity index (χ2n) is 6.44. The molecule has 0 unspecified atom stereocenters. The van der Waals surface area contributed by atoms with Gasteiger partial charge in [0.1, 0.15) is 11.5 Å². The van der Waals surface area contributed by atoms with E-state index in [9.17, 15) is 14.3 Å². The van der Waals surface area contributed by atoms with Crippen LogP contribution in [0.15, 0.2) is 79.1 Å². The molecule has 4 rings (SSSR count). The number of imidazole rings is 1. The summed E-state index contributed by atoms with van der Waals surface area (Å²) in [5.41, 5.74) is 3.44. The van der Waals surface area contributed by atoms with Gasteiger partial charge in [-0.05, 0) is 42.0 Å². The highest BCUT2D eigenvalue weighted by Gasteiger charge is 2.15. The van der Waals surface area contributed by atoms with Crippen LogP contribution in [0.2, 0.25) is 0 Å². The summed E-state index contributed by atoms with van der Waals surface area (Å²) in [6, 6.07) is 18.4. The van der Waals surface area contributed by atoms with Crippen LogP contribution in [0.1, 0.15) is 22.0 Å². The maximum Gasteiger partial charge on any atom is 0.253 e. The SMILES string of the molecule is O=C(N[C@@H](CO)c1ccccc1)c1ccc2nc(-c3ccc(F)cc3)cn2c1. The minimum absolute atomic E-state index is 0.197. The average molecular weight is 375 g/mol. The molecule has 4 aromatic rings. The highest BCUT2D eigenvalue weighted by atomic mass is 19.1. The van der Waals surface area contributed by atoms with Crippen LogP contribution < -0.4 is 5.32 Å². The topological polar surface area (TPSA) is 66.6 Å². The molecule has 2 heterocycles. The number of hydrogen-bond donors (Lipinski definition) is 2. The lowest BCUT2D eigenvalue weighted by Crippen LogP contribution is -2.30. The number of pyridine rings is 1. The van der Waals surface area contributed by atoms with Crippen LogP contribution in [0.25, 0.3) is 16.9 Å². The molecule has 0 fully saturated rings. The van der Waals surface area contributed by atoms with Crippen molar-refractivity contribution in [2.75, 3.05) is 6.61 Å². The third-order valence-corrected chi connectivity index (χ3v) is 4.54. The van der Waals surface area contributed by atoms with E-state index < -0.39 is 6.04 Å². The van der Waals surface area contributed by atoms with Crippen LogP contribution >= 0.6 is 0 Å². The van der Waals surface area contributed by atoms with Gasteiger partial charge in [0.05, 0.1) is 23.9 Å². The Morgan fingerprint density at radius 1 is 1.04 bits per heavy atom. The third-order valence-electron chi connectivity index (χ3n) is 4.54. The van der Waals surface area contributed by atoms with Crippen molar-refractivity contribution in [3.8, 4) is 11.3 Å². The van der Waals surface area contributed by atoms with Gasteiger partial charge in [-0.15, -0.1) is 0 Å². The van der Waals surface area contributed by atoms with Crippen molar-refractivity contribution in [1.82, 2.24) is 14.7 Å². The number of aromatic nitrogens is 2. The Kier molecular flexibility index (Phi) is 4.87. The summed E-state index contributed by atoms with van der Waals surface area (Å²) in [5.74, 6) is -0.592. The summed E-state index contributed by atoms with van der Waals surface area (Å²) in [6.07, 6.45) is 3.48. The number of carbonyl (C=O) groups excluding carboxylic acids is 1. The molecule has 2 N–H and O–H groups in total. The minimum Gasteiger partial charge on any atom is -0.394 e. The molecule has 1 amide bonds. The van der Waals surface area contributed by atoms with Gasteiger partial charge in [-0.2, -0.15) is 0 Å². The molecule has 2 aromatic heterocycles. The van der Waals surface area contributed by atoms with Crippen molar-refractivity contribution in [2.24, 2.45) is 0 Å². The molecule has 28 heavy (non-hydrogen) atoms. The van der Waals surface area contributed by atoms with Crippen molar-refractivity contribution < 1.29 is 14.3 Å². The molecule has 6 heteroatoms. The Morgan fingerprint density at radius 2 is 1.79 bits per heavy atom. The standard InChI is InChI=1S/C22H18FN3O2/c23-18-9-6-16(7-10-18)19-13-26-12-17(8-11-21(26)24-19)22(28)25-20(14-27)15-4-2-1-3-5-15/h1-13,20,27H,14H2,(H,25,28)/t20-/m0/s1. The quantitative estimate of drug-likeness (QED) is 0.560. The molecule has 140 valence electrons. The lowest BCUT2D eigenvalue weighted by atomic mass is 10.1. The first-order valence-electron chi connectivity index (χ1n) is 8.85. The Bertz CT molecular complexity index is 1110. The van der Waals surface area contributed by atoms with Crippen LogP contribution in [0.4, 0.5) is 4.39 Å². The number of carbonyl (C=O) groups is 1. The normalized spacial score (nSPS) is 12.1. The summed E-state index contributed by atoms with van der Waals surface area (Å²) >= 11 is 0. The van der Waals surface area contributed by atoms with Crippen molar-refractivity contribution in [3.63, 3.8) is 0 Å². The maximum absolute atomic E-state index is 13.1. The van der Waals surface area contributed by atoms with Gasteiger partial charge in [0.2, 0.25) is 0 Å². The molecular formula is C22H18FN3O2.